The van der Waals surface area contributed by atoms with E-state index in [-0.39, 0.29) is 23.3 Å². The van der Waals surface area contributed by atoms with Crippen molar-refractivity contribution in [2.24, 2.45) is 23.7 Å². The molecule has 2 amide bonds. The maximum Gasteiger partial charge on any atom is 0.227 e. The van der Waals surface area contributed by atoms with Crippen molar-refractivity contribution in [3.63, 3.8) is 0 Å². The van der Waals surface area contributed by atoms with Gasteiger partial charge in [-0.1, -0.05) is 6.07 Å². The second kappa shape index (κ2) is 6.25. The maximum absolute atomic E-state index is 13.1. The van der Waals surface area contributed by atoms with E-state index < -0.39 is 0 Å². The SMILES string of the molecule is COc1cccc(N2C[C@H](C(=O)NC34CC5CC(CC(C5)C3)C4)CC2=O)c1. The first-order valence-electron chi connectivity index (χ1n) is 10.3. The topological polar surface area (TPSA) is 58.6 Å². The molecule has 1 N–H and O–H groups in total. The Morgan fingerprint density at radius 3 is 2.44 bits per heavy atom. The normalized spacial score (nSPS) is 36.9. The third kappa shape index (κ3) is 3.01. The van der Waals surface area contributed by atoms with Crippen molar-refractivity contribution in [3.05, 3.63) is 24.3 Å². The number of rotatable bonds is 4. The lowest BCUT2D eigenvalue weighted by atomic mass is 9.53. The lowest BCUT2D eigenvalue weighted by Crippen LogP contribution is -2.60. The Kier molecular flexibility index (Phi) is 3.95. The van der Waals surface area contributed by atoms with Crippen LogP contribution in [-0.2, 0) is 9.59 Å². The Balaban J connectivity index is 1.28. The number of ether oxygens (including phenoxy) is 1. The van der Waals surface area contributed by atoms with Gasteiger partial charge >= 0.3 is 0 Å². The lowest BCUT2D eigenvalue weighted by molar-refractivity contribution is -0.131. The van der Waals surface area contributed by atoms with Crippen molar-refractivity contribution in [1.82, 2.24) is 5.32 Å². The van der Waals surface area contributed by atoms with Crippen LogP contribution in [0.1, 0.15) is 44.9 Å². The van der Waals surface area contributed by atoms with Crippen LogP contribution in [0.15, 0.2) is 24.3 Å². The zero-order valence-corrected chi connectivity index (χ0v) is 15.9. The summed E-state index contributed by atoms with van der Waals surface area (Å²) in [4.78, 5) is 27.3. The van der Waals surface area contributed by atoms with E-state index in [0.717, 1.165) is 48.5 Å². The van der Waals surface area contributed by atoms with Crippen LogP contribution in [0.3, 0.4) is 0 Å². The van der Waals surface area contributed by atoms with Crippen molar-refractivity contribution in [2.75, 3.05) is 18.6 Å². The number of anilines is 1. The standard InChI is InChI=1S/C22H28N2O3/c1-27-19-4-2-3-18(9-19)24-13-17(8-20(24)25)21(26)23-22-10-14-5-15(11-22)7-16(6-14)12-22/h2-4,9,14-17H,5-8,10-13H2,1H3,(H,23,26)/t14?,15?,16?,17-,22?/m1/s1. The number of nitrogens with one attached hydrogen (secondary N) is 1. The van der Waals surface area contributed by atoms with Gasteiger partial charge in [-0.2, -0.15) is 0 Å². The first kappa shape index (κ1) is 17.1. The van der Waals surface area contributed by atoms with Gasteiger partial charge in [0.2, 0.25) is 11.8 Å². The molecular formula is C22H28N2O3. The summed E-state index contributed by atoms with van der Waals surface area (Å²) >= 11 is 0. The molecule has 1 aromatic carbocycles. The fourth-order valence-electron chi connectivity index (χ4n) is 6.54. The van der Waals surface area contributed by atoms with Gasteiger partial charge in [0, 0.05) is 30.3 Å². The molecule has 1 heterocycles. The third-order valence-corrected chi connectivity index (χ3v) is 7.29. The summed E-state index contributed by atoms with van der Waals surface area (Å²) < 4.78 is 5.27. The highest BCUT2D eigenvalue weighted by Gasteiger charge is 2.52. The highest BCUT2D eigenvalue weighted by atomic mass is 16.5. The molecule has 5 aliphatic rings. The number of carbonyl (C=O) groups is 2. The van der Waals surface area contributed by atoms with Gasteiger partial charge in [-0.25, -0.2) is 0 Å². The van der Waals surface area contributed by atoms with Crippen LogP contribution in [0.25, 0.3) is 0 Å². The number of benzene rings is 1. The minimum absolute atomic E-state index is 0.0122. The lowest BCUT2D eigenvalue weighted by Gasteiger charge is -2.57. The monoisotopic (exact) mass is 368 g/mol. The summed E-state index contributed by atoms with van der Waals surface area (Å²) in [6, 6.07) is 7.50. The molecule has 1 atom stereocenters. The highest BCUT2D eigenvalue weighted by Crippen LogP contribution is 2.55. The molecule has 0 unspecified atom stereocenters. The molecule has 1 aromatic rings. The van der Waals surface area contributed by atoms with E-state index in [4.69, 9.17) is 4.74 Å². The predicted molar refractivity (Wildman–Crippen MR) is 102 cm³/mol. The Morgan fingerprint density at radius 2 is 1.81 bits per heavy atom. The zero-order valence-electron chi connectivity index (χ0n) is 15.9. The molecule has 1 aliphatic heterocycles. The molecule has 0 aromatic heterocycles. The minimum Gasteiger partial charge on any atom is -0.497 e. The van der Waals surface area contributed by atoms with Gasteiger partial charge in [-0.15, -0.1) is 0 Å². The number of methoxy groups -OCH3 is 1. The van der Waals surface area contributed by atoms with Crippen LogP contribution in [-0.4, -0.2) is 31.0 Å². The van der Waals surface area contributed by atoms with E-state index in [9.17, 15) is 9.59 Å². The molecule has 0 radical (unpaired) electrons. The average Bonchev–Trinajstić information content (AvgIpc) is 3.02. The summed E-state index contributed by atoms with van der Waals surface area (Å²) in [7, 11) is 1.62. The average molecular weight is 368 g/mol. The summed E-state index contributed by atoms with van der Waals surface area (Å²) in [5.41, 5.74) is 0.822. The molecule has 4 bridgehead atoms. The molecule has 27 heavy (non-hydrogen) atoms. The molecular weight excluding hydrogens is 340 g/mol. The van der Waals surface area contributed by atoms with Gasteiger partial charge in [0.15, 0.2) is 0 Å². The molecule has 6 rings (SSSR count). The number of hydrogen-bond acceptors (Lipinski definition) is 3. The first-order chi connectivity index (χ1) is 13.0. The fourth-order valence-corrected chi connectivity index (χ4v) is 6.54. The molecule has 4 saturated carbocycles. The van der Waals surface area contributed by atoms with Crippen LogP contribution < -0.4 is 15.0 Å². The molecule has 5 nitrogen and oxygen atoms in total. The Labute approximate surface area is 160 Å². The summed E-state index contributed by atoms with van der Waals surface area (Å²) in [5, 5.41) is 3.44. The van der Waals surface area contributed by atoms with E-state index in [2.05, 4.69) is 5.32 Å². The Bertz CT molecular complexity index is 739. The van der Waals surface area contributed by atoms with Crippen LogP contribution >= 0.6 is 0 Å². The van der Waals surface area contributed by atoms with Crippen LogP contribution in [0, 0.1) is 23.7 Å². The van der Waals surface area contributed by atoms with E-state index in [0.29, 0.717) is 13.0 Å². The van der Waals surface area contributed by atoms with Crippen molar-refractivity contribution in [2.45, 2.75) is 50.5 Å². The molecule has 5 fully saturated rings. The van der Waals surface area contributed by atoms with Crippen molar-refractivity contribution in [1.29, 1.82) is 0 Å². The van der Waals surface area contributed by atoms with Crippen molar-refractivity contribution < 1.29 is 14.3 Å². The van der Waals surface area contributed by atoms with Gasteiger partial charge in [0.05, 0.1) is 13.0 Å². The van der Waals surface area contributed by atoms with E-state index in [1.807, 2.05) is 24.3 Å². The fraction of sp³-hybridized carbons (Fsp3) is 0.636. The zero-order chi connectivity index (χ0) is 18.6. The Morgan fingerprint density at radius 1 is 1.15 bits per heavy atom. The predicted octanol–water partition coefficient (Wildman–Crippen LogP) is 3.13. The molecule has 0 spiro atoms. The van der Waals surface area contributed by atoms with Crippen LogP contribution in [0.4, 0.5) is 5.69 Å². The highest BCUT2D eigenvalue weighted by molar-refractivity contribution is 6.00. The number of carbonyl (C=O) groups excluding carboxylic acids is 2. The maximum atomic E-state index is 13.1. The van der Waals surface area contributed by atoms with Gasteiger partial charge in [-0.3, -0.25) is 9.59 Å². The molecule has 144 valence electrons. The van der Waals surface area contributed by atoms with E-state index in [1.54, 1.807) is 12.0 Å². The Hall–Kier alpha value is -2.04. The summed E-state index contributed by atoms with van der Waals surface area (Å²) in [6.07, 6.45) is 7.82. The number of hydrogen-bond donors (Lipinski definition) is 1. The number of amides is 2. The number of nitrogens with zero attached hydrogens (tertiary/aromatic N) is 1. The second-order valence-electron chi connectivity index (χ2n) is 9.29. The second-order valence-corrected chi connectivity index (χ2v) is 9.29. The van der Waals surface area contributed by atoms with E-state index >= 15 is 0 Å². The first-order valence-corrected chi connectivity index (χ1v) is 10.3. The van der Waals surface area contributed by atoms with Crippen LogP contribution in [0.2, 0.25) is 0 Å². The van der Waals surface area contributed by atoms with Crippen molar-refractivity contribution in [3.8, 4) is 5.75 Å². The molecule has 1 saturated heterocycles. The van der Waals surface area contributed by atoms with Gasteiger partial charge < -0.3 is 15.0 Å². The summed E-state index contributed by atoms with van der Waals surface area (Å²) in [6.45, 7) is 0.462. The largest absolute Gasteiger partial charge is 0.497 e. The molecule has 5 heteroatoms. The minimum atomic E-state index is -0.253. The van der Waals surface area contributed by atoms with E-state index in [1.165, 1.54) is 19.3 Å². The van der Waals surface area contributed by atoms with Gasteiger partial charge in [0.1, 0.15) is 5.75 Å². The molecule has 4 aliphatic carbocycles. The van der Waals surface area contributed by atoms with Gasteiger partial charge in [0.25, 0.3) is 0 Å². The quantitative estimate of drug-likeness (QED) is 0.888. The van der Waals surface area contributed by atoms with Crippen molar-refractivity contribution >= 4 is 17.5 Å². The smallest absolute Gasteiger partial charge is 0.227 e. The summed E-state index contributed by atoms with van der Waals surface area (Å²) in [5.74, 6) is 2.98. The third-order valence-electron chi connectivity index (χ3n) is 7.29. The van der Waals surface area contributed by atoms with Crippen LogP contribution in [0.5, 0.6) is 5.75 Å². The van der Waals surface area contributed by atoms with Gasteiger partial charge in [-0.05, 0) is 68.4 Å².